The Morgan fingerprint density at radius 1 is 1.05 bits per heavy atom. The average Bonchev–Trinajstić information content (AvgIpc) is 2.46. The van der Waals surface area contributed by atoms with Gasteiger partial charge in [0, 0.05) is 22.0 Å². The van der Waals surface area contributed by atoms with Crippen LogP contribution >= 0.6 is 11.6 Å². The van der Waals surface area contributed by atoms with Gasteiger partial charge in [-0.05, 0) is 18.2 Å². The Morgan fingerprint density at radius 3 is 2.65 bits per heavy atom. The third kappa shape index (κ3) is 2.53. The highest BCUT2D eigenvalue weighted by molar-refractivity contribution is 6.31. The summed E-state index contributed by atoms with van der Waals surface area (Å²) in [6, 6.07) is 16.5. The number of aromatic amines is 1. The van der Waals surface area contributed by atoms with Crippen LogP contribution in [0.25, 0.3) is 10.9 Å². The predicted molar refractivity (Wildman–Crippen MR) is 80.4 cm³/mol. The second kappa shape index (κ2) is 5.39. The first-order chi connectivity index (χ1) is 9.74. The number of hydrogen-bond donors (Lipinski definition) is 1. The van der Waals surface area contributed by atoms with E-state index in [4.69, 9.17) is 16.3 Å². The highest BCUT2D eigenvalue weighted by Crippen LogP contribution is 2.24. The number of hydrogen-bond acceptors (Lipinski definition) is 2. The lowest BCUT2D eigenvalue weighted by Crippen LogP contribution is -2.06. The highest BCUT2D eigenvalue weighted by Gasteiger charge is 2.05. The Morgan fingerprint density at radius 2 is 1.80 bits per heavy atom. The van der Waals surface area contributed by atoms with Crippen molar-refractivity contribution in [2.75, 3.05) is 0 Å². The summed E-state index contributed by atoms with van der Waals surface area (Å²) in [5, 5.41) is 1.53. The lowest BCUT2D eigenvalue weighted by Gasteiger charge is -2.10. The maximum absolute atomic E-state index is 11.6. The SMILES string of the molecule is O=c1cc(OCc2ccccc2Cl)c2ccccc2[nH]1. The van der Waals surface area contributed by atoms with Crippen molar-refractivity contribution in [3.05, 3.63) is 75.5 Å². The van der Waals surface area contributed by atoms with Crippen LogP contribution in [0.15, 0.2) is 59.4 Å². The number of pyridine rings is 1. The van der Waals surface area contributed by atoms with E-state index in [2.05, 4.69) is 4.98 Å². The third-order valence-corrected chi connectivity index (χ3v) is 3.42. The van der Waals surface area contributed by atoms with Gasteiger partial charge in [0.2, 0.25) is 0 Å². The minimum Gasteiger partial charge on any atom is -0.488 e. The van der Waals surface area contributed by atoms with Crippen molar-refractivity contribution < 1.29 is 4.74 Å². The van der Waals surface area contributed by atoms with Gasteiger partial charge in [-0.15, -0.1) is 0 Å². The zero-order valence-corrected chi connectivity index (χ0v) is 11.4. The largest absolute Gasteiger partial charge is 0.488 e. The third-order valence-electron chi connectivity index (χ3n) is 3.05. The van der Waals surface area contributed by atoms with Crippen LogP contribution in [0.1, 0.15) is 5.56 Å². The predicted octanol–water partition coefficient (Wildman–Crippen LogP) is 3.76. The number of halogens is 1. The molecule has 3 rings (SSSR count). The molecule has 0 radical (unpaired) electrons. The van der Waals surface area contributed by atoms with Gasteiger partial charge in [-0.3, -0.25) is 4.79 Å². The Bertz CT molecular complexity index is 811. The van der Waals surface area contributed by atoms with Crippen LogP contribution in [0, 0.1) is 0 Å². The molecule has 0 aliphatic heterocycles. The molecule has 0 aliphatic rings. The molecule has 0 aliphatic carbocycles. The van der Waals surface area contributed by atoms with Crippen LogP contribution in [-0.2, 0) is 6.61 Å². The van der Waals surface area contributed by atoms with E-state index in [1.807, 2.05) is 48.5 Å². The summed E-state index contributed by atoms with van der Waals surface area (Å²) in [6.45, 7) is 0.327. The average molecular weight is 286 g/mol. The number of ether oxygens (including phenoxy) is 1. The molecule has 0 atom stereocenters. The molecule has 0 saturated heterocycles. The van der Waals surface area contributed by atoms with Crippen molar-refractivity contribution >= 4 is 22.5 Å². The van der Waals surface area contributed by atoms with Crippen LogP contribution in [0.3, 0.4) is 0 Å². The quantitative estimate of drug-likeness (QED) is 0.796. The van der Waals surface area contributed by atoms with Gasteiger partial charge in [-0.2, -0.15) is 0 Å². The van der Waals surface area contributed by atoms with Gasteiger partial charge < -0.3 is 9.72 Å². The molecular weight excluding hydrogens is 274 g/mol. The first-order valence-electron chi connectivity index (χ1n) is 6.22. The molecule has 1 N–H and O–H groups in total. The molecule has 2 aromatic carbocycles. The van der Waals surface area contributed by atoms with Crippen LogP contribution < -0.4 is 10.3 Å². The maximum Gasteiger partial charge on any atom is 0.252 e. The Labute approximate surface area is 120 Å². The first kappa shape index (κ1) is 12.8. The molecule has 1 heterocycles. The van der Waals surface area contributed by atoms with E-state index in [0.29, 0.717) is 17.4 Å². The molecule has 0 amide bonds. The number of rotatable bonds is 3. The number of benzene rings is 2. The van der Waals surface area contributed by atoms with E-state index in [1.165, 1.54) is 6.07 Å². The maximum atomic E-state index is 11.6. The van der Waals surface area contributed by atoms with E-state index in [-0.39, 0.29) is 5.56 Å². The van der Waals surface area contributed by atoms with Crippen LogP contribution in [-0.4, -0.2) is 4.98 Å². The lowest BCUT2D eigenvalue weighted by molar-refractivity contribution is 0.309. The van der Waals surface area contributed by atoms with E-state index in [9.17, 15) is 4.79 Å². The molecule has 0 bridgehead atoms. The standard InChI is InChI=1S/C16H12ClNO2/c17-13-7-3-1-5-11(13)10-20-15-9-16(19)18-14-8-4-2-6-12(14)15/h1-9H,10H2,(H,18,19). The molecule has 1 aromatic heterocycles. The van der Waals surface area contributed by atoms with Crippen molar-refractivity contribution in [1.29, 1.82) is 0 Å². The van der Waals surface area contributed by atoms with Crippen molar-refractivity contribution in [3.8, 4) is 5.75 Å². The Kier molecular flexibility index (Phi) is 3.44. The molecule has 0 saturated carbocycles. The summed E-state index contributed by atoms with van der Waals surface area (Å²) in [5.41, 5.74) is 1.46. The van der Waals surface area contributed by atoms with E-state index < -0.39 is 0 Å². The number of aromatic nitrogens is 1. The molecule has 3 aromatic rings. The van der Waals surface area contributed by atoms with E-state index in [1.54, 1.807) is 0 Å². The first-order valence-corrected chi connectivity index (χ1v) is 6.60. The minimum absolute atomic E-state index is 0.183. The van der Waals surface area contributed by atoms with Gasteiger partial charge >= 0.3 is 0 Å². The summed E-state index contributed by atoms with van der Waals surface area (Å²) in [7, 11) is 0. The second-order valence-corrected chi connectivity index (χ2v) is 4.83. The van der Waals surface area contributed by atoms with Crippen LogP contribution in [0.5, 0.6) is 5.75 Å². The molecule has 0 unspecified atom stereocenters. The lowest BCUT2D eigenvalue weighted by atomic mass is 10.2. The van der Waals surface area contributed by atoms with Gasteiger partial charge in [-0.1, -0.05) is 41.9 Å². The topological polar surface area (TPSA) is 42.1 Å². The summed E-state index contributed by atoms with van der Waals surface area (Å²) in [6.07, 6.45) is 0. The van der Waals surface area contributed by atoms with Crippen molar-refractivity contribution in [1.82, 2.24) is 4.98 Å². The molecule has 20 heavy (non-hydrogen) atoms. The van der Waals surface area contributed by atoms with Gasteiger partial charge in [0.15, 0.2) is 0 Å². The van der Waals surface area contributed by atoms with Gasteiger partial charge in [0.25, 0.3) is 5.56 Å². The molecule has 0 spiro atoms. The monoisotopic (exact) mass is 285 g/mol. The Balaban J connectivity index is 1.95. The second-order valence-electron chi connectivity index (χ2n) is 4.42. The van der Waals surface area contributed by atoms with Gasteiger partial charge in [0.1, 0.15) is 12.4 Å². The molecule has 100 valence electrons. The molecule has 0 fully saturated rings. The molecule has 4 heteroatoms. The normalized spacial score (nSPS) is 10.7. The molecule has 3 nitrogen and oxygen atoms in total. The minimum atomic E-state index is -0.183. The van der Waals surface area contributed by atoms with E-state index >= 15 is 0 Å². The number of fused-ring (bicyclic) bond motifs is 1. The van der Waals surface area contributed by atoms with Crippen LogP contribution in [0.4, 0.5) is 0 Å². The Hall–Kier alpha value is -2.26. The van der Waals surface area contributed by atoms with Crippen molar-refractivity contribution in [3.63, 3.8) is 0 Å². The van der Waals surface area contributed by atoms with Crippen molar-refractivity contribution in [2.45, 2.75) is 6.61 Å². The zero-order valence-electron chi connectivity index (χ0n) is 10.6. The van der Waals surface area contributed by atoms with Crippen LogP contribution in [0.2, 0.25) is 5.02 Å². The zero-order chi connectivity index (χ0) is 13.9. The summed E-state index contributed by atoms with van der Waals surface area (Å²) >= 11 is 6.09. The fraction of sp³-hybridized carbons (Fsp3) is 0.0625. The molecular formula is C16H12ClNO2. The summed E-state index contributed by atoms with van der Waals surface area (Å²) < 4.78 is 5.76. The summed E-state index contributed by atoms with van der Waals surface area (Å²) in [5.74, 6) is 0.560. The summed E-state index contributed by atoms with van der Waals surface area (Å²) in [4.78, 5) is 14.4. The van der Waals surface area contributed by atoms with E-state index in [0.717, 1.165) is 16.5 Å². The highest BCUT2D eigenvalue weighted by atomic mass is 35.5. The smallest absolute Gasteiger partial charge is 0.252 e. The number of H-pyrrole nitrogens is 1. The van der Waals surface area contributed by atoms with Crippen molar-refractivity contribution in [2.24, 2.45) is 0 Å². The fourth-order valence-corrected chi connectivity index (χ4v) is 2.25. The van der Waals surface area contributed by atoms with Gasteiger partial charge in [0.05, 0.1) is 5.52 Å². The number of para-hydroxylation sites is 1. The van der Waals surface area contributed by atoms with Gasteiger partial charge in [-0.25, -0.2) is 0 Å². The number of nitrogens with one attached hydrogen (secondary N) is 1. The fourth-order valence-electron chi connectivity index (χ4n) is 2.06.